The van der Waals surface area contributed by atoms with Crippen molar-refractivity contribution in [1.82, 2.24) is 19.4 Å². The maximum absolute atomic E-state index is 13.2. The average molecular weight is 471 g/mol. The van der Waals surface area contributed by atoms with E-state index in [1.165, 1.54) is 21.3 Å². The largest absolute Gasteiger partial charge is 0.338 e. The Balaban J connectivity index is 1.41. The predicted molar refractivity (Wildman–Crippen MR) is 120 cm³/mol. The summed E-state index contributed by atoms with van der Waals surface area (Å²) in [6.45, 7) is 2.09. The monoisotopic (exact) mass is 470 g/mol. The molecule has 2 aromatic rings. The highest BCUT2D eigenvalue weighted by Crippen LogP contribution is 2.32. The number of imide groups is 1. The van der Waals surface area contributed by atoms with Crippen LogP contribution in [0.4, 0.5) is 4.79 Å². The summed E-state index contributed by atoms with van der Waals surface area (Å²) in [5.41, 5.74) is -0.526. The summed E-state index contributed by atoms with van der Waals surface area (Å²) in [7, 11) is -3.63. The van der Waals surface area contributed by atoms with Crippen LogP contribution in [0.5, 0.6) is 0 Å². The maximum atomic E-state index is 13.2. The molecule has 0 spiro atoms. The van der Waals surface area contributed by atoms with Crippen LogP contribution < -0.4 is 5.32 Å². The van der Waals surface area contributed by atoms with Gasteiger partial charge in [0.05, 0.1) is 4.90 Å². The van der Waals surface area contributed by atoms with Gasteiger partial charge in [-0.25, -0.2) is 13.2 Å². The van der Waals surface area contributed by atoms with Crippen LogP contribution >= 0.6 is 0 Å². The van der Waals surface area contributed by atoms with Crippen molar-refractivity contribution >= 4 is 27.9 Å². The summed E-state index contributed by atoms with van der Waals surface area (Å²) in [6, 6.07) is 16.5. The van der Waals surface area contributed by atoms with Gasteiger partial charge in [0.2, 0.25) is 15.9 Å². The number of rotatable bonds is 6. The number of piperazine rings is 1. The van der Waals surface area contributed by atoms with Gasteiger partial charge in [0.1, 0.15) is 12.1 Å². The zero-order chi connectivity index (χ0) is 23.6. The maximum Gasteiger partial charge on any atom is 0.325 e. The zero-order valence-electron chi connectivity index (χ0n) is 18.3. The van der Waals surface area contributed by atoms with Gasteiger partial charge in [0, 0.05) is 26.2 Å². The summed E-state index contributed by atoms with van der Waals surface area (Å²) < 4.78 is 26.9. The molecule has 2 aliphatic rings. The number of carbonyl (C=O) groups excluding carboxylic acids is 3. The summed E-state index contributed by atoms with van der Waals surface area (Å²) in [5.74, 6) is -0.852. The minimum atomic E-state index is -3.63. The number of nitrogens with one attached hydrogen (secondary N) is 1. The Labute approximate surface area is 193 Å². The number of hydrogen-bond acceptors (Lipinski definition) is 5. The molecule has 0 bridgehead atoms. The SMILES string of the molecule is CC[C@]1(c2ccccc2)NC(=O)N(CC(=O)N2CCN(S(=O)(=O)c3ccccc3)CC2)C1=O. The second-order valence-corrected chi connectivity index (χ2v) is 9.98. The standard InChI is InChI=1S/C23H26N4O5S/c1-2-23(18-9-5-3-6-10-18)21(29)27(22(30)24-23)17-20(28)25-13-15-26(16-14-25)33(31,32)19-11-7-4-8-12-19/h3-12H,2,13-17H2,1H3,(H,24,30)/t23-/m1/s1. The molecule has 174 valence electrons. The summed E-state index contributed by atoms with van der Waals surface area (Å²) in [6.07, 6.45) is 0.350. The Morgan fingerprint density at radius 1 is 0.939 bits per heavy atom. The Morgan fingerprint density at radius 2 is 1.52 bits per heavy atom. The third-order valence-electron chi connectivity index (χ3n) is 6.24. The Bertz CT molecular complexity index is 1150. The smallest absolute Gasteiger partial charge is 0.325 e. The van der Waals surface area contributed by atoms with Crippen LogP contribution in [-0.4, -0.2) is 73.1 Å². The van der Waals surface area contributed by atoms with Crippen LogP contribution in [0.15, 0.2) is 65.6 Å². The third-order valence-corrected chi connectivity index (χ3v) is 8.15. The van der Waals surface area contributed by atoms with Gasteiger partial charge >= 0.3 is 6.03 Å². The van der Waals surface area contributed by atoms with Crippen LogP contribution in [0.3, 0.4) is 0 Å². The van der Waals surface area contributed by atoms with Crippen molar-refractivity contribution < 1.29 is 22.8 Å². The second-order valence-electron chi connectivity index (χ2n) is 8.04. The molecular formula is C23H26N4O5S. The average Bonchev–Trinajstić information content (AvgIpc) is 3.10. The highest BCUT2D eigenvalue weighted by atomic mass is 32.2. The lowest BCUT2D eigenvalue weighted by molar-refractivity contribution is -0.139. The highest BCUT2D eigenvalue weighted by molar-refractivity contribution is 7.89. The quantitative estimate of drug-likeness (QED) is 0.642. The molecule has 1 atom stereocenters. The molecule has 4 rings (SSSR count). The van der Waals surface area contributed by atoms with Crippen LogP contribution in [0.1, 0.15) is 18.9 Å². The van der Waals surface area contributed by atoms with Crippen molar-refractivity contribution in [2.24, 2.45) is 0 Å². The number of hydrogen-bond donors (Lipinski definition) is 1. The molecule has 1 N–H and O–H groups in total. The van der Waals surface area contributed by atoms with Crippen molar-refractivity contribution in [1.29, 1.82) is 0 Å². The van der Waals surface area contributed by atoms with Crippen molar-refractivity contribution in [3.8, 4) is 0 Å². The van der Waals surface area contributed by atoms with Crippen LogP contribution in [0, 0.1) is 0 Å². The van der Waals surface area contributed by atoms with Crippen LogP contribution in [0.25, 0.3) is 0 Å². The zero-order valence-corrected chi connectivity index (χ0v) is 19.1. The van der Waals surface area contributed by atoms with E-state index in [9.17, 15) is 22.8 Å². The van der Waals surface area contributed by atoms with E-state index in [4.69, 9.17) is 0 Å². The minimum Gasteiger partial charge on any atom is -0.338 e. The first-order valence-corrected chi connectivity index (χ1v) is 12.3. The molecule has 2 saturated heterocycles. The van der Waals surface area contributed by atoms with Crippen LogP contribution in [-0.2, 0) is 25.2 Å². The van der Waals surface area contributed by atoms with Gasteiger partial charge in [-0.15, -0.1) is 0 Å². The van der Waals surface area contributed by atoms with E-state index in [1.54, 1.807) is 42.5 Å². The Morgan fingerprint density at radius 3 is 2.09 bits per heavy atom. The Hall–Kier alpha value is -3.24. The molecule has 2 aromatic carbocycles. The van der Waals surface area contributed by atoms with Gasteiger partial charge in [-0.1, -0.05) is 55.5 Å². The van der Waals surface area contributed by atoms with Crippen molar-refractivity contribution in [3.05, 3.63) is 66.2 Å². The van der Waals surface area contributed by atoms with E-state index in [0.29, 0.717) is 12.0 Å². The molecule has 0 radical (unpaired) electrons. The van der Waals surface area contributed by atoms with Gasteiger partial charge in [-0.05, 0) is 24.1 Å². The number of carbonyl (C=O) groups is 3. The normalized spacial score (nSPS) is 21.8. The molecule has 4 amide bonds. The molecule has 0 unspecified atom stereocenters. The molecule has 2 fully saturated rings. The highest BCUT2D eigenvalue weighted by Gasteiger charge is 2.51. The fourth-order valence-corrected chi connectivity index (χ4v) is 5.73. The van der Waals surface area contributed by atoms with Gasteiger partial charge in [0.25, 0.3) is 5.91 Å². The topological polar surface area (TPSA) is 107 Å². The summed E-state index contributed by atoms with van der Waals surface area (Å²) in [5, 5.41) is 2.77. The molecule has 10 heteroatoms. The van der Waals surface area contributed by atoms with Crippen molar-refractivity contribution in [3.63, 3.8) is 0 Å². The van der Waals surface area contributed by atoms with Gasteiger partial charge in [-0.3, -0.25) is 14.5 Å². The minimum absolute atomic E-state index is 0.145. The molecule has 0 saturated carbocycles. The molecule has 0 aromatic heterocycles. The number of amides is 4. The van der Waals surface area contributed by atoms with Crippen molar-refractivity contribution in [2.45, 2.75) is 23.8 Å². The number of urea groups is 1. The summed E-state index contributed by atoms with van der Waals surface area (Å²) in [4.78, 5) is 41.4. The van der Waals surface area contributed by atoms with E-state index >= 15 is 0 Å². The van der Waals surface area contributed by atoms with E-state index in [-0.39, 0.29) is 37.6 Å². The van der Waals surface area contributed by atoms with E-state index in [0.717, 1.165) is 4.90 Å². The predicted octanol–water partition coefficient (Wildman–Crippen LogP) is 1.38. The first-order valence-electron chi connectivity index (χ1n) is 10.8. The molecule has 33 heavy (non-hydrogen) atoms. The summed E-state index contributed by atoms with van der Waals surface area (Å²) >= 11 is 0. The van der Waals surface area contributed by atoms with E-state index in [1.807, 2.05) is 13.0 Å². The van der Waals surface area contributed by atoms with Gasteiger partial charge in [0.15, 0.2) is 0 Å². The molecular weight excluding hydrogens is 444 g/mol. The van der Waals surface area contributed by atoms with Gasteiger partial charge in [-0.2, -0.15) is 4.31 Å². The molecule has 0 aliphatic carbocycles. The van der Waals surface area contributed by atoms with E-state index < -0.39 is 33.4 Å². The molecule has 2 heterocycles. The molecule has 2 aliphatic heterocycles. The van der Waals surface area contributed by atoms with E-state index in [2.05, 4.69) is 5.32 Å². The lowest BCUT2D eigenvalue weighted by Gasteiger charge is -2.34. The number of benzene rings is 2. The number of sulfonamides is 1. The fraction of sp³-hybridized carbons (Fsp3) is 0.348. The third kappa shape index (κ3) is 4.11. The first kappa shape index (κ1) is 22.9. The number of nitrogens with zero attached hydrogens (tertiary/aromatic N) is 3. The second kappa shape index (κ2) is 8.95. The van der Waals surface area contributed by atoms with Crippen molar-refractivity contribution in [2.75, 3.05) is 32.7 Å². The molecule has 9 nitrogen and oxygen atoms in total. The Kier molecular flexibility index (Phi) is 6.22. The van der Waals surface area contributed by atoms with Crippen LogP contribution in [0.2, 0.25) is 0 Å². The fourth-order valence-electron chi connectivity index (χ4n) is 4.29. The lowest BCUT2D eigenvalue weighted by Crippen LogP contribution is -2.53. The first-order chi connectivity index (χ1) is 15.8. The van der Waals surface area contributed by atoms with Gasteiger partial charge < -0.3 is 10.2 Å². The lowest BCUT2D eigenvalue weighted by atomic mass is 9.87.